The Labute approximate surface area is 217 Å². The maximum absolute atomic E-state index is 13.6. The quantitative estimate of drug-likeness (QED) is 0.327. The molecule has 12 heteroatoms. The monoisotopic (exact) mass is 529 g/mol. The number of aromatic nitrogens is 2. The van der Waals surface area contributed by atoms with Crippen molar-refractivity contribution in [3.8, 4) is 0 Å². The number of ether oxygens (including phenoxy) is 1. The number of esters is 1. The normalized spacial score (nSPS) is 20.2. The van der Waals surface area contributed by atoms with E-state index in [0.29, 0.717) is 28.0 Å². The lowest BCUT2D eigenvalue weighted by atomic mass is 10.1. The molecule has 0 aromatic carbocycles. The van der Waals surface area contributed by atoms with E-state index in [1.165, 1.54) is 10.5 Å². The number of piperazine rings is 1. The SMILES string of the molecule is CCOC(=O)C[C@H]1C(=O)NCCN1c1nc2ccccn2c(=O)c1/C=C1\SC(=S)N([C@@H](C)CC)C1=O. The number of thiocarbonyl (C=S) groups is 1. The lowest BCUT2D eigenvalue weighted by Gasteiger charge is -2.36. The first kappa shape index (κ1) is 25.8. The van der Waals surface area contributed by atoms with Gasteiger partial charge in [0.25, 0.3) is 11.5 Å². The molecule has 0 spiro atoms. The van der Waals surface area contributed by atoms with Gasteiger partial charge in [0.15, 0.2) is 0 Å². The molecule has 0 radical (unpaired) electrons. The van der Waals surface area contributed by atoms with E-state index in [4.69, 9.17) is 21.9 Å². The van der Waals surface area contributed by atoms with Gasteiger partial charge in [-0.1, -0.05) is 37.0 Å². The maximum Gasteiger partial charge on any atom is 0.308 e. The number of carbonyl (C=O) groups is 3. The van der Waals surface area contributed by atoms with Crippen LogP contribution in [0.2, 0.25) is 0 Å². The smallest absolute Gasteiger partial charge is 0.308 e. The number of hydrogen-bond donors (Lipinski definition) is 1. The predicted molar refractivity (Wildman–Crippen MR) is 142 cm³/mol. The number of nitrogens with zero attached hydrogens (tertiary/aromatic N) is 4. The Morgan fingerprint density at radius 1 is 1.33 bits per heavy atom. The molecule has 190 valence electrons. The zero-order valence-corrected chi connectivity index (χ0v) is 21.9. The van der Waals surface area contributed by atoms with Crippen molar-refractivity contribution in [2.45, 2.75) is 45.7 Å². The van der Waals surface area contributed by atoms with E-state index < -0.39 is 17.6 Å². The third-order valence-corrected chi connectivity index (χ3v) is 7.48. The van der Waals surface area contributed by atoms with Crippen LogP contribution in [-0.4, -0.2) is 68.2 Å². The number of thioether (sulfide) groups is 1. The number of anilines is 1. The van der Waals surface area contributed by atoms with Gasteiger partial charge in [-0.2, -0.15) is 0 Å². The molecular weight excluding hydrogens is 502 g/mol. The fourth-order valence-electron chi connectivity index (χ4n) is 4.16. The van der Waals surface area contributed by atoms with E-state index in [1.54, 1.807) is 41.1 Å². The van der Waals surface area contributed by atoms with Crippen molar-refractivity contribution >= 4 is 63.6 Å². The van der Waals surface area contributed by atoms with Crippen LogP contribution < -0.4 is 15.8 Å². The molecule has 2 saturated heterocycles. The molecule has 0 aliphatic carbocycles. The summed E-state index contributed by atoms with van der Waals surface area (Å²) in [7, 11) is 0. The molecular formula is C24H27N5O5S2. The van der Waals surface area contributed by atoms with Crippen LogP contribution in [0.4, 0.5) is 5.82 Å². The summed E-state index contributed by atoms with van der Waals surface area (Å²) in [6.07, 6.45) is 3.61. The fraction of sp³-hybridized carbons (Fsp3) is 0.417. The lowest BCUT2D eigenvalue weighted by molar-refractivity contribution is -0.145. The summed E-state index contributed by atoms with van der Waals surface area (Å²) in [4.78, 5) is 60.1. The Balaban J connectivity index is 1.86. The van der Waals surface area contributed by atoms with Gasteiger partial charge in [0.1, 0.15) is 21.8 Å². The summed E-state index contributed by atoms with van der Waals surface area (Å²) in [6.45, 7) is 6.39. The van der Waals surface area contributed by atoms with Crippen molar-refractivity contribution in [3.63, 3.8) is 0 Å². The first-order valence-electron chi connectivity index (χ1n) is 11.7. The molecule has 2 aromatic heterocycles. The molecule has 0 unspecified atom stereocenters. The van der Waals surface area contributed by atoms with Gasteiger partial charge in [-0.15, -0.1) is 0 Å². The van der Waals surface area contributed by atoms with E-state index >= 15 is 0 Å². The highest BCUT2D eigenvalue weighted by molar-refractivity contribution is 8.26. The van der Waals surface area contributed by atoms with Crippen molar-refractivity contribution < 1.29 is 19.1 Å². The number of rotatable bonds is 7. The van der Waals surface area contributed by atoms with Gasteiger partial charge in [0, 0.05) is 25.3 Å². The van der Waals surface area contributed by atoms with E-state index in [1.807, 2.05) is 13.8 Å². The molecule has 2 amide bonds. The number of carbonyl (C=O) groups excluding carboxylic acids is 3. The van der Waals surface area contributed by atoms with Crippen LogP contribution in [0.15, 0.2) is 34.1 Å². The molecule has 10 nitrogen and oxygen atoms in total. The first-order chi connectivity index (χ1) is 17.3. The van der Waals surface area contributed by atoms with Gasteiger partial charge in [-0.3, -0.25) is 28.5 Å². The Bertz CT molecular complexity index is 1320. The highest BCUT2D eigenvalue weighted by atomic mass is 32.2. The van der Waals surface area contributed by atoms with Gasteiger partial charge in [-0.05, 0) is 38.5 Å². The summed E-state index contributed by atoms with van der Waals surface area (Å²) in [5, 5.41) is 2.76. The van der Waals surface area contributed by atoms with Crippen LogP contribution in [-0.2, 0) is 19.1 Å². The van der Waals surface area contributed by atoms with Crippen LogP contribution in [0, 0.1) is 0 Å². The minimum atomic E-state index is -0.919. The van der Waals surface area contributed by atoms with Crippen molar-refractivity contribution in [3.05, 3.63) is 45.2 Å². The van der Waals surface area contributed by atoms with E-state index in [9.17, 15) is 19.2 Å². The van der Waals surface area contributed by atoms with E-state index in [0.717, 1.165) is 18.2 Å². The molecule has 2 fully saturated rings. The molecule has 36 heavy (non-hydrogen) atoms. The zero-order valence-electron chi connectivity index (χ0n) is 20.2. The Kier molecular flexibility index (Phi) is 7.74. The number of hydrogen-bond acceptors (Lipinski definition) is 9. The molecule has 2 atom stereocenters. The fourth-order valence-corrected chi connectivity index (χ4v) is 5.60. The molecule has 2 aliphatic heterocycles. The predicted octanol–water partition coefficient (Wildman–Crippen LogP) is 1.95. The van der Waals surface area contributed by atoms with Gasteiger partial charge in [-0.25, -0.2) is 4.98 Å². The largest absolute Gasteiger partial charge is 0.466 e. The van der Waals surface area contributed by atoms with E-state index in [2.05, 4.69) is 5.32 Å². The number of amides is 2. The Hall–Kier alpha value is -3.25. The van der Waals surface area contributed by atoms with Crippen molar-refractivity contribution in [2.24, 2.45) is 0 Å². The number of fused-ring (bicyclic) bond motifs is 1. The minimum absolute atomic E-state index is 0.0848. The first-order valence-corrected chi connectivity index (χ1v) is 13.0. The van der Waals surface area contributed by atoms with Crippen molar-refractivity contribution in [1.82, 2.24) is 19.6 Å². The summed E-state index contributed by atoms with van der Waals surface area (Å²) < 4.78 is 6.88. The van der Waals surface area contributed by atoms with Gasteiger partial charge >= 0.3 is 5.97 Å². The zero-order chi connectivity index (χ0) is 26.0. The molecule has 0 bridgehead atoms. The second-order valence-corrected chi connectivity index (χ2v) is 10.1. The van der Waals surface area contributed by atoms with Crippen LogP contribution in [0.1, 0.15) is 39.2 Å². The van der Waals surface area contributed by atoms with Crippen LogP contribution in [0.3, 0.4) is 0 Å². The van der Waals surface area contributed by atoms with Crippen LogP contribution in [0.5, 0.6) is 0 Å². The summed E-state index contributed by atoms with van der Waals surface area (Å²) >= 11 is 6.57. The molecule has 0 saturated carbocycles. The molecule has 2 aliphatic rings. The van der Waals surface area contributed by atoms with Crippen LogP contribution >= 0.6 is 24.0 Å². The molecule has 2 aromatic rings. The third kappa shape index (κ3) is 4.87. The van der Waals surface area contributed by atoms with Crippen molar-refractivity contribution in [2.75, 3.05) is 24.6 Å². The highest BCUT2D eigenvalue weighted by Gasteiger charge is 2.37. The Morgan fingerprint density at radius 3 is 2.83 bits per heavy atom. The second kappa shape index (κ2) is 10.8. The maximum atomic E-state index is 13.6. The number of nitrogens with one attached hydrogen (secondary N) is 1. The molecule has 1 N–H and O–H groups in total. The summed E-state index contributed by atoms with van der Waals surface area (Å²) in [5.74, 6) is -0.942. The average Bonchev–Trinajstić information content (AvgIpc) is 3.14. The minimum Gasteiger partial charge on any atom is -0.466 e. The topological polar surface area (TPSA) is 113 Å². The van der Waals surface area contributed by atoms with Gasteiger partial charge in [0.2, 0.25) is 5.91 Å². The lowest BCUT2D eigenvalue weighted by Crippen LogP contribution is -2.57. The van der Waals surface area contributed by atoms with Crippen LogP contribution in [0.25, 0.3) is 11.7 Å². The van der Waals surface area contributed by atoms with E-state index in [-0.39, 0.29) is 42.3 Å². The molecule has 4 rings (SSSR count). The summed E-state index contributed by atoms with van der Waals surface area (Å²) in [6, 6.07) is 4.14. The van der Waals surface area contributed by atoms with Gasteiger partial charge in [0.05, 0.1) is 23.5 Å². The van der Waals surface area contributed by atoms with Crippen molar-refractivity contribution in [1.29, 1.82) is 0 Å². The highest BCUT2D eigenvalue weighted by Crippen LogP contribution is 2.35. The third-order valence-electron chi connectivity index (χ3n) is 6.15. The number of pyridine rings is 1. The van der Waals surface area contributed by atoms with Gasteiger partial charge < -0.3 is 15.0 Å². The molecule has 4 heterocycles. The Morgan fingerprint density at radius 2 is 2.11 bits per heavy atom. The second-order valence-electron chi connectivity index (χ2n) is 8.40. The average molecular weight is 530 g/mol. The standard InChI is InChI=1S/C24H27N5O5S2/c1-4-14(3)29-23(33)17(36-24(29)35)12-15-20(26-18-8-6-7-10-28(18)22(15)32)27-11-9-25-21(31)16(27)13-19(30)34-5-2/h6-8,10,12,14,16H,4-5,9,11,13H2,1-3H3,(H,25,31)/b17-12-/t14-,16-/m0/s1. The summed E-state index contributed by atoms with van der Waals surface area (Å²) in [5.41, 5.74) is 0.125.